The van der Waals surface area contributed by atoms with Crippen molar-refractivity contribution >= 4 is 23.8 Å². The number of benzene rings is 2. The molecule has 2 heterocycles. The average Bonchev–Trinajstić information content (AvgIpc) is 2.88. The molecule has 4 rings (SSSR count). The van der Waals surface area contributed by atoms with Gasteiger partial charge in [-0.15, -0.1) is 0 Å². The number of carbonyl (C=O) groups is 4. The third-order valence-corrected chi connectivity index (χ3v) is 6.54. The molecule has 2 aliphatic heterocycles. The molecular formula is C26H29F2N5O6. The molecule has 0 unspecified atom stereocenters. The van der Waals surface area contributed by atoms with Gasteiger partial charge in [0.15, 0.2) is 0 Å². The molecule has 2 aromatic carbocycles. The number of amides is 4. The molecule has 208 valence electrons. The van der Waals surface area contributed by atoms with Crippen LogP contribution < -0.4 is 5.32 Å². The van der Waals surface area contributed by atoms with Crippen LogP contribution in [0.1, 0.15) is 17.5 Å². The lowest BCUT2D eigenvalue weighted by molar-refractivity contribution is -0.189. The second kappa shape index (κ2) is 12.2. The van der Waals surface area contributed by atoms with Gasteiger partial charge in [-0.2, -0.15) is 0 Å². The van der Waals surface area contributed by atoms with Gasteiger partial charge in [-0.05, 0) is 35.4 Å². The molecule has 39 heavy (non-hydrogen) atoms. The van der Waals surface area contributed by atoms with E-state index in [1.54, 1.807) is 19.2 Å². The first-order chi connectivity index (χ1) is 18.6. The van der Waals surface area contributed by atoms with E-state index in [9.17, 15) is 33.1 Å². The number of urea groups is 1. The van der Waals surface area contributed by atoms with Crippen LogP contribution in [0.2, 0.25) is 0 Å². The van der Waals surface area contributed by atoms with E-state index in [1.807, 2.05) is 0 Å². The van der Waals surface area contributed by atoms with Gasteiger partial charge in [-0.25, -0.2) is 23.6 Å². The van der Waals surface area contributed by atoms with Crippen molar-refractivity contribution in [2.75, 3.05) is 33.3 Å². The Morgan fingerprint density at radius 2 is 1.82 bits per heavy atom. The first-order valence-electron chi connectivity index (χ1n) is 12.3. The van der Waals surface area contributed by atoms with Crippen molar-refractivity contribution in [2.45, 2.75) is 31.8 Å². The summed E-state index contributed by atoms with van der Waals surface area (Å²) < 4.78 is 32.2. The molecule has 2 N–H and O–H groups in total. The maximum absolute atomic E-state index is 13.4. The highest BCUT2D eigenvalue weighted by Gasteiger charge is 2.51. The Balaban J connectivity index is 1.48. The Bertz CT molecular complexity index is 1230. The fourth-order valence-electron chi connectivity index (χ4n) is 4.72. The molecule has 0 spiro atoms. The van der Waals surface area contributed by atoms with Crippen molar-refractivity contribution < 1.29 is 37.8 Å². The van der Waals surface area contributed by atoms with Crippen molar-refractivity contribution in [3.63, 3.8) is 0 Å². The molecule has 11 nitrogen and oxygen atoms in total. The Morgan fingerprint density at radius 3 is 2.51 bits per heavy atom. The van der Waals surface area contributed by atoms with Crippen LogP contribution in [0.15, 0.2) is 48.5 Å². The highest BCUT2D eigenvalue weighted by molar-refractivity contribution is 5.93. The molecule has 0 aromatic heterocycles. The highest BCUT2D eigenvalue weighted by atomic mass is 19.1. The summed E-state index contributed by atoms with van der Waals surface area (Å²) >= 11 is 0. The second-order valence-corrected chi connectivity index (χ2v) is 9.31. The standard InChI is InChI=1S/C26H29F2N5O6/c1-30-15-23(34)32-21(12-24(35)36)25(37)31(9-10-39-16-18-3-2-4-20(28)11-18)14-22(32)33(30)26(38)29-13-17-5-7-19(27)8-6-17/h2-8,11,21-22H,9-10,12-16H2,1H3,(H,29,38)(H,35,36)/t21-,22-/m0/s1. The number of carboxylic acids is 1. The number of hydrogen-bond donors (Lipinski definition) is 2. The first kappa shape index (κ1) is 27.9. The third kappa shape index (κ3) is 6.67. The van der Waals surface area contributed by atoms with Gasteiger partial charge < -0.3 is 25.0 Å². The fraction of sp³-hybridized carbons (Fsp3) is 0.385. The minimum absolute atomic E-state index is 0.0648. The number of piperazine rings is 1. The lowest BCUT2D eigenvalue weighted by Gasteiger charge is -2.54. The van der Waals surface area contributed by atoms with Gasteiger partial charge in [-0.3, -0.25) is 14.4 Å². The van der Waals surface area contributed by atoms with Crippen LogP contribution in [0.3, 0.4) is 0 Å². The van der Waals surface area contributed by atoms with Crippen LogP contribution in [0.5, 0.6) is 0 Å². The monoisotopic (exact) mass is 545 g/mol. The van der Waals surface area contributed by atoms with Gasteiger partial charge in [0.05, 0.1) is 32.7 Å². The number of hydrogen-bond acceptors (Lipinski definition) is 6. The Kier molecular flexibility index (Phi) is 8.72. The number of halogens is 2. The summed E-state index contributed by atoms with van der Waals surface area (Å²) in [6.45, 7) is 0.0120. The van der Waals surface area contributed by atoms with E-state index in [0.717, 1.165) is 4.90 Å². The number of carbonyl (C=O) groups excluding carboxylic acids is 3. The van der Waals surface area contributed by atoms with Crippen LogP contribution in [-0.2, 0) is 32.3 Å². The molecule has 2 fully saturated rings. The third-order valence-electron chi connectivity index (χ3n) is 6.54. The maximum Gasteiger partial charge on any atom is 0.334 e. The van der Waals surface area contributed by atoms with E-state index in [4.69, 9.17) is 4.74 Å². The zero-order valence-corrected chi connectivity index (χ0v) is 21.3. The maximum atomic E-state index is 13.4. The molecular weight excluding hydrogens is 516 g/mol. The molecule has 4 amide bonds. The Hall–Kier alpha value is -4.10. The summed E-state index contributed by atoms with van der Waals surface area (Å²) in [6.07, 6.45) is -1.59. The zero-order valence-electron chi connectivity index (χ0n) is 21.3. The Morgan fingerprint density at radius 1 is 1.08 bits per heavy atom. The van der Waals surface area contributed by atoms with E-state index < -0.39 is 54.1 Å². The summed E-state index contributed by atoms with van der Waals surface area (Å²) in [5, 5.41) is 14.9. The van der Waals surface area contributed by atoms with Gasteiger partial charge in [0.2, 0.25) is 11.8 Å². The van der Waals surface area contributed by atoms with E-state index in [1.165, 1.54) is 51.3 Å². The molecule has 2 saturated heterocycles. The lowest BCUT2D eigenvalue weighted by Crippen LogP contribution is -2.76. The summed E-state index contributed by atoms with van der Waals surface area (Å²) in [5.74, 6) is -3.12. The quantitative estimate of drug-likeness (QED) is 0.457. The van der Waals surface area contributed by atoms with E-state index in [-0.39, 0.29) is 39.4 Å². The van der Waals surface area contributed by atoms with Crippen LogP contribution in [0.4, 0.5) is 13.6 Å². The topological polar surface area (TPSA) is 123 Å². The van der Waals surface area contributed by atoms with Crippen LogP contribution in [-0.4, -0.2) is 94.2 Å². The predicted molar refractivity (Wildman–Crippen MR) is 132 cm³/mol. The van der Waals surface area contributed by atoms with Gasteiger partial charge in [0, 0.05) is 20.1 Å². The molecule has 13 heteroatoms. The van der Waals surface area contributed by atoms with Crippen molar-refractivity contribution in [2.24, 2.45) is 0 Å². The van der Waals surface area contributed by atoms with Gasteiger partial charge in [0.25, 0.3) is 0 Å². The van der Waals surface area contributed by atoms with Crippen molar-refractivity contribution in [1.82, 2.24) is 25.1 Å². The number of carboxylic acid groups (broad SMARTS) is 1. The van der Waals surface area contributed by atoms with Gasteiger partial charge in [0.1, 0.15) is 23.8 Å². The first-order valence-corrected chi connectivity index (χ1v) is 12.3. The van der Waals surface area contributed by atoms with Crippen molar-refractivity contribution in [3.05, 3.63) is 71.3 Å². The van der Waals surface area contributed by atoms with Crippen molar-refractivity contribution in [1.29, 1.82) is 0 Å². The van der Waals surface area contributed by atoms with Crippen LogP contribution in [0.25, 0.3) is 0 Å². The van der Waals surface area contributed by atoms with Crippen LogP contribution >= 0.6 is 0 Å². The predicted octanol–water partition coefficient (Wildman–Crippen LogP) is 1.39. The van der Waals surface area contributed by atoms with Crippen LogP contribution in [0, 0.1) is 11.6 Å². The minimum atomic E-state index is -1.31. The SMILES string of the molecule is CN1CC(=O)N2[C@@H](CC(=O)O)C(=O)N(CCOCc3cccc(F)c3)C[C@@H]2N1C(=O)NCc1ccc(F)cc1. The lowest BCUT2D eigenvalue weighted by atomic mass is 10.0. The molecule has 2 atom stereocenters. The highest BCUT2D eigenvalue weighted by Crippen LogP contribution is 2.27. The van der Waals surface area contributed by atoms with Gasteiger partial charge in [-0.1, -0.05) is 24.3 Å². The summed E-state index contributed by atoms with van der Waals surface area (Å²) in [4.78, 5) is 53.7. The summed E-state index contributed by atoms with van der Waals surface area (Å²) in [7, 11) is 1.54. The molecule has 2 aromatic rings. The average molecular weight is 546 g/mol. The van der Waals surface area contributed by atoms with Crippen molar-refractivity contribution in [3.8, 4) is 0 Å². The molecule has 0 saturated carbocycles. The summed E-state index contributed by atoms with van der Waals surface area (Å²) in [5.41, 5.74) is 1.26. The number of likely N-dealkylation sites (N-methyl/N-ethyl adjacent to an activating group) is 1. The summed E-state index contributed by atoms with van der Waals surface area (Å²) in [6, 6.07) is 9.61. The largest absolute Gasteiger partial charge is 0.481 e. The number of hydrazine groups is 1. The minimum Gasteiger partial charge on any atom is -0.481 e. The molecule has 0 radical (unpaired) electrons. The number of ether oxygens (including phenoxy) is 1. The normalized spacial score (nSPS) is 19.7. The zero-order chi connectivity index (χ0) is 28.1. The van der Waals surface area contributed by atoms with E-state index in [2.05, 4.69) is 5.32 Å². The number of aliphatic carboxylic acids is 1. The molecule has 2 aliphatic rings. The Labute approximate surface area is 223 Å². The van der Waals surface area contributed by atoms with Gasteiger partial charge >= 0.3 is 12.0 Å². The number of rotatable bonds is 9. The van der Waals surface area contributed by atoms with E-state index >= 15 is 0 Å². The molecule has 0 aliphatic carbocycles. The number of nitrogens with one attached hydrogen (secondary N) is 1. The molecule has 0 bridgehead atoms. The fourth-order valence-corrected chi connectivity index (χ4v) is 4.72. The smallest absolute Gasteiger partial charge is 0.334 e. The second-order valence-electron chi connectivity index (χ2n) is 9.31. The number of nitrogens with zero attached hydrogens (tertiary/aromatic N) is 4. The number of fused-ring (bicyclic) bond motifs is 1. The van der Waals surface area contributed by atoms with E-state index in [0.29, 0.717) is 11.1 Å².